The van der Waals surface area contributed by atoms with E-state index in [1.165, 1.54) is 0 Å². The largest absolute Gasteiger partial charge is 0.398 e. The first-order valence-corrected chi connectivity index (χ1v) is 5.13. The van der Waals surface area contributed by atoms with Gasteiger partial charge in [-0.1, -0.05) is 23.7 Å². The van der Waals surface area contributed by atoms with E-state index in [0.717, 1.165) is 22.1 Å². The minimum Gasteiger partial charge on any atom is -0.398 e. The van der Waals surface area contributed by atoms with Crippen LogP contribution >= 0.6 is 11.6 Å². The number of rotatable bonds is 1. The molecule has 0 aliphatic carbocycles. The van der Waals surface area contributed by atoms with Crippen molar-refractivity contribution in [1.29, 1.82) is 0 Å². The molecule has 0 atom stereocenters. The summed E-state index contributed by atoms with van der Waals surface area (Å²) in [6.45, 7) is 0. The average Bonchev–Trinajstić information content (AvgIpc) is 2.17. The molecule has 0 spiro atoms. The summed E-state index contributed by atoms with van der Waals surface area (Å²) in [5, 5.41) is 2.73. The molecule has 2 N–H and O–H groups in total. The van der Waals surface area contributed by atoms with Crippen molar-refractivity contribution in [2.75, 3.05) is 24.7 Å². The molecule has 2 aromatic carbocycles. The van der Waals surface area contributed by atoms with Crippen LogP contribution in [0, 0.1) is 0 Å². The van der Waals surface area contributed by atoms with Crippen molar-refractivity contribution in [3.63, 3.8) is 0 Å². The van der Waals surface area contributed by atoms with Crippen LogP contribution in [-0.4, -0.2) is 14.1 Å². The van der Waals surface area contributed by atoms with Gasteiger partial charge >= 0.3 is 0 Å². The predicted molar refractivity (Wildman–Crippen MR) is 67.7 cm³/mol. The zero-order valence-electron chi connectivity index (χ0n) is 8.79. The van der Waals surface area contributed by atoms with Crippen molar-refractivity contribution >= 4 is 33.7 Å². The summed E-state index contributed by atoms with van der Waals surface area (Å²) in [6, 6.07) is 9.74. The lowest BCUT2D eigenvalue weighted by molar-refractivity contribution is 1.14. The van der Waals surface area contributed by atoms with E-state index in [1.54, 1.807) is 0 Å². The van der Waals surface area contributed by atoms with Crippen molar-refractivity contribution < 1.29 is 0 Å². The van der Waals surface area contributed by atoms with Crippen LogP contribution in [0.5, 0.6) is 0 Å². The summed E-state index contributed by atoms with van der Waals surface area (Å²) in [7, 11) is 4.01. The lowest BCUT2D eigenvalue weighted by atomic mass is 10.1. The van der Waals surface area contributed by atoms with Crippen LogP contribution in [0.25, 0.3) is 10.8 Å². The van der Waals surface area contributed by atoms with Gasteiger partial charge in [-0.3, -0.25) is 0 Å². The monoisotopic (exact) mass is 220 g/mol. The van der Waals surface area contributed by atoms with E-state index in [9.17, 15) is 0 Å². The van der Waals surface area contributed by atoms with E-state index < -0.39 is 0 Å². The van der Waals surface area contributed by atoms with Crippen LogP contribution in [-0.2, 0) is 0 Å². The van der Waals surface area contributed by atoms with Gasteiger partial charge in [0.25, 0.3) is 0 Å². The van der Waals surface area contributed by atoms with Crippen LogP contribution in [0.2, 0.25) is 5.02 Å². The van der Waals surface area contributed by atoms with Gasteiger partial charge in [0.1, 0.15) is 0 Å². The SMILES string of the molecule is CN(C)c1ccc(N)c2c(Cl)cccc12. The van der Waals surface area contributed by atoms with E-state index in [1.807, 2.05) is 44.4 Å². The quantitative estimate of drug-likeness (QED) is 0.749. The second kappa shape index (κ2) is 3.63. The normalized spacial score (nSPS) is 10.6. The molecule has 0 fully saturated rings. The van der Waals surface area contributed by atoms with Gasteiger partial charge in [-0.05, 0) is 18.2 Å². The van der Waals surface area contributed by atoms with Crippen LogP contribution in [0.3, 0.4) is 0 Å². The summed E-state index contributed by atoms with van der Waals surface area (Å²) >= 11 is 6.14. The van der Waals surface area contributed by atoms with Crippen molar-refractivity contribution in [2.45, 2.75) is 0 Å². The third-order valence-corrected chi connectivity index (χ3v) is 2.80. The number of hydrogen-bond donors (Lipinski definition) is 1. The van der Waals surface area contributed by atoms with Gasteiger partial charge in [0.2, 0.25) is 0 Å². The number of fused-ring (bicyclic) bond motifs is 1. The molecule has 0 amide bonds. The van der Waals surface area contributed by atoms with Gasteiger partial charge in [-0.15, -0.1) is 0 Å². The van der Waals surface area contributed by atoms with Gasteiger partial charge in [0, 0.05) is 36.2 Å². The number of hydrogen-bond acceptors (Lipinski definition) is 2. The molecule has 3 heteroatoms. The highest BCUT2D eigenvalue weighted by Gasteiger charge is 2.07. The van der Waals surface area contributed by atoms with Gasteiger partial charge in [-0.25, -0.2) is 0 Å². The van der Waals surface area contributed by atoms with E-state index in [-0.39, 0.29) is 0 Å². The Kier molecular flexibility index (Phi) is 2.45. The zero-order valence-corrected chi connectivity index (χ0v) is 9.55. The number of benzene rings is 2. The Balaban J connectivity index is 2.89. The second-order valence-electron chi connectivity index (χ2n) is 3.73. The number of nitrogens with two attached hydrogens (primary N) is 1. The van der Waals surface area contributed by atoms with E-state index in [0.29, 0.717) is 5.02 Å². The van der Waals surface area contributed by atoms with Gasteiger partial charge in [-0.2, -0.15) is 0 Å². The first-order valence-electron chi connectivity index (χ1n) is 4.75. The molecule has 0 heterocycles. The lowest BCUT2D eigenvalue weighted by Crippen LogP contribution is -2.09. The molecular formula is C12H13ClN2. The smallest absolute Gasteiger partial charge is 0.0505 e. The molecule has 0 aliphatic rings. The number of anilines is 2. The fourth-order valence-corrected chi connectivity index (χ4v) is 2.05. The Bertz CT molecular complexity index is 498. The summed E-state index contributed by atoms with van der Waals surface area (Å²) in [4.78, 5) is 2.05. The third-order valence-electron chi connectivity index (χ3n) is 2.48. The Morgan fingerprint density at radius 1 is 1.13 bits per heavy atom. The molecule has 2 nitrogen and oxygen atoms in total. The summed E-state index contributed by atoms with van der Waals surface area (Å²) in [5.74, 6) is 0. The molecule has 0 radical (unpaired) electrons. The van der Waals surface area contributed by atoms with Gasteiger partial charge < -0.3 is 10.6 Å². The number of nitrogens with zero attached hydrogens (tertiary/aromatic N) is 1. The zero-order chi connectivity index (χ0) is 11.0. The maximum absolute atomic E-state index is 6.14. The number of nitrogen functional groups attached to an aromatic ring is 1. The predicted octanol–water partition coefficient (Wildman–Crippen LogP) is 3.14. The average molecular weight is 221 g/mol. The van der Waals surface area contributed by atoms with E-state index in [4.69, 9.17) is 17.3 Å². The first kappa shape index (κ1) is 10.1. The summed E-state index contributed by atoms with van der Waals surface area (Å²) in [5.41, 5.74) is 7.77. The second-order valence-corrected chi connectivity index (χ2v) is 4.14. The van der Waals surface area contributed by atoms with E-state index in [2.05, 4.69) is 4.90 Å². The van der Waals surface area contributed by atoms with Crippen LogP contribution < -0.4 is 10.6 Å². The standard InChI is InChI=1S/C12H13ClN2/c1-15(2)11-7-6-10(14)12-8(11)4-3-5-9(12)13/h3-7H,14H2,1-2H3. The van der Waals surface area contributed by atoms with E-state index >= 15 is 0 Å². The molecule has 0 saturated carbocycles. The molecule has 15 heavy (non-hydrogen) atoms. The van der Waals surface area contributed by atoms with Crippen molar-refractivity contribution in [3.8, 4) is 0 Å². The van der Waals surface area contributed by atoms with Gasteiger partial charge in [0.15, 0.2) is 0 Å². The Labute approximate surface area is 94.2 Å². The Morgan fingerprint density at radius 2 is 1.87 bits per heavy atom. The molecule has 0 unspecified atom stereocenters. The van der Waals surface area contributed by atoms with Crippen molar-refractivity contribution in [1.82, 2.24) is 0 Å². The first-order chi connectivity index (χ1) is 7.11. The number of halogens is 1. The maximum Gasteiger partial charge on any atom is 0.0505 e. The van der Waals surface area contributed by atoms with Crippen LogP contribution in [0.1, 0.15) is 0 Å². The van der Waals surface area contributed by atoms with Gasteiger partial charge in [0.05, 0.1) is 5.02 Å². The van der Waals surface area contributed by atoms with Crippen molar-refractivity contribution in [2.24, 2.45) is 0 Å². The third kappa shape index (κ3) is 1.61. The highest BCUT2D eigenvalue weighted by atomic mass is 35.5. The molecule has 2 aromatic rings. The molecule has 0 saturated heterocycles. The molecule has 78 valence electrons. The lowest BCUT2D eigenvalue weighted by Gasteiger charge is -2.16. The molecule has 0 aromatic heterocycles. The summed E-state index contributed by atoms with van der Waals surface area (Å²) in [6.07, 6.45) is 0. The molecular weight excluding hydrogens is 208 g/mol. The Morgan fingerprint density at radius 3 is 2.53 bits per heavy atom. The van der Waals surface area contributed by atoms with Crippen LogP contribution in [0.15, 0.2) is 30.3 Å². The minimum absolute atomic E-state index is 0.703. The highest BCUT2D eigenvalue weighted by Crippen LogP contribution is 2.34. The fraction of sp³-hybridized carbons (Fsp3) is 0.167. The molecule has 2 rings (SSSR count). The Hall–Kier alpha value is -1.41. The van der Waals surface area contributed by atoms with Crippen molar-refractivity contribution in [3.05, 3.63) is 35.4 Å². The van der Waals surface area contributed by atoms with Crippen LogP contribution in [0.4, 0.5) is 11.4 Å². The molecule has 0 aliphatic heterocycles. The molecule has 0 bridgehead atoms. The highest BCUT2D eigenvalue weighted by molar-refractivity contribution is 6.37. The minimum atomic E-state index is 0.703. The maximum atomic E-state index is 6.14. The fourth-order valence-electron chi connectivity index (χ4n) is 1.76. The summed E-state index contributed by atoms with van der Waals surface area (Å²) < 4.78 is 0. The topological polar surface area (TPSA) is 29.3 Å².